The van der Waals surface area contributed by atoms with Gasteiger partial charge in [-0.2, -0.15) is 10.4 Å². The van der Waals surface area contributed by atoms with Gasteiger partial charge in [-0.1, -0.05) is 30.0 Å². The number of nitriles is 1. The summed E-state index contributed by atoms with van der Waals surface area (Å²) >= 11 is 1.38. The SMILES string of the molecule is Cc1nn(-c2ccccc2)c(CSc2nnc(-c3ccc[nH]3)o2)c1C#N. The van der Waals surface area contributed by atoms with Crippen molar-refractivity contribution in [2.75, 3.05) is 0 Å². The Morgan fingerprint density at radius 1 is 1.19 bits per heavy atom. The summed E-state index contributed by atoms with van der Waals surface area (Å²) in [6, 6.07) is 15.7. The number of nitrogens with one attached hydrogen (secondary N) is 1. The molecule has 4 rings (SSSR count). The maximum atomic E-state index is 9.52. The molecule has 0 aliphatic rings. The van der Waals surface area contributed by atoms with Crippen LogP contribution in [0.2, 0.25) is 0 Å². The van der Waals surface area contributed by atoms with E-state index in [0.717, 1.165) is 17.1 Å². The molecule has 0 aliphatic carbocycles. The number of benzene rings is 1. The van der Waals surface area contributed by atoms with E-state index in [1.54, 1.807) is 10.9 Å². The highest BCUT2D eigenvalue weighted by atomic mass is 32.2. The molecular weight excluding hydrogens is 348 g/mol. The molecule has 0 aliphatic heterocycles. The standard InChI is InChI=1S/C18H14N6OS/c1-12-14(10-19)16(24(23-12)13-6-3-2-4-7-13)11-26-18-22-21-17(25-18)15-8-5-9-20-15/h2-9,20H,11H2,1H3. The summed E-state index contributed by atoms with van der Waals surface area (Å²) in [6.07, 6.45) is 1.80. The molecule has 0 unspecified atom stereocenters. The van der Waals surface area contributed by atoms with Crippen molar-refractivity contribution in [1.82, 2.24) is 25.0 Å². The van der Waals surface area contributed by atoms with Gasteiger partial charge in [0.25, 0.3) is 11.1 Å². The zero-order valence-electron chi connectivity index (χ0n) is 13.9. The summed E-state index contributed by atoms with van der Waals surface area (Å²) in [6.45, 7) is 1.84. The van der Waals surface area contributed by atoms with Crippen molar-refractivity contribution in [1.29, 1.82) is 5.26 Å². The number of aryl methyl sites for hydroxylation is 1. The number of hydrogen-bond donors (Lipinski definition) is 1. The number of nitrogens with zero attached hydrogens (tertiary/aromatic N) is 5. The van der Waals surface area contributed by atoms with Crippen LogP contribution >= 0.6 is 11.8 Å². The lowest BCUT2D eigenvalue weighted by Gasteiger charge is -2.06. The Morgan fingerprint density at radius 2 is 2.04 bits per heavy atom. The van der Waals surface area contributed by atoms with E-state index in [-0.39, 0.29) is 0 Å². The van der Waals surface area contributed by atoms with Gasteiger partial charge < -0.3 is 9.40 Å². The van der Waals surface area contributed by atoms with Crippen molar-refractivity contribution in [2.24, 2.45) is 0 Å². The Bertz CT molecular complexity index is 1060. The van der Waals surface area contributed by atoms with Crippen LogP contribution in [0, 0.1) is 18.3 Å². The molecule has 0 atom stereocenters. The number of hydrogen-bond acceptors (Lipinski definition) is 6. The average Bonchev–Trinajstić information content (AvgIpc) is 3.40. The minimum atomic E-state index is 0.436. The minimum absolute atomic E-state index is 0.436. The normalized spacial score (nSPS) is 10.8. The van der Waals surface area contributed by atoms with Crippen molar-refractivity contribution in [3.8, 4) is 23.3 Å². The van der Waals surface area contributed by atoms with E-state index >= 15 is 0 Å². The van der Waals surface area contributed by atoms with Gasteiger partial charge in [0.05, 0.1) is 22.6 Å². The van der Waals surface area contributed by atoms with Crippen LogP contribution in [0.1, 0.15) is 17.0 Å². The summed E-state index contributed by atoms with van der Waals surface area (Å²) in [4.78, 5) is 3.03. The van der Waals surface area contributed by atoms with Gasteiger partial charge in [-0.25, -0.2) is 4.68 Å². The highest BCUT2D eigenvalue weighted by Crippen LogP contribution is 2.28. The van der Waals surface area contributed by atoms with Crippen molar-refractivity contribution >= 4 is 11.8 Å². The van der Waals surface area contributed by atoms with Crippen LogP contribution in [0.25, 0.3) is 17.3 Å². The monoisotopic (exact) mass is 362 g/mol. The molecule has 0 spiro atoms. The van der Waals surface area contributed by atoms with Crippen LogP contribution in [0.3, 0.4) is 0 Å². The zero-order valence-corrected chi connectivity index (χ0v) is 14.7. The molecule has 0 amide bonds. The van der Waals surface area contributed by atoms with E-state index in [1.165, 1.54) is 11.8 Å². The molecule has 1 aromatic carbocycles. The molecule has 0 fully saturated rings. The van der Waals surface area contributed by atoms with Gasteiger partial charge >= 0.3 is 0 Å². The summed E-state index contributed by atoms with van der Waals surface area (Å²) in [7, 11) is 0. The second-order valence-corrected chi connectivity index (χ2v) is 6.44. The van der Waals surface area contributed by atoms with Gasteiger partial charge in [0.1, 0.15) is 11.8 Å². The Morgan fingerprint density at radius 3 is 2.77 bits per heavy atom. The molecule has 0 saturated carbocycles. The van der Waals surface area contributed by atoms with E-state index in [1.807, 2.05) is 49.4 Å². The lowest BCUT2D eigenvalue weighted by atomic mass is 10.2. The van der Waals surface area contributed by atoms with Gasteiger partial charge in [-0.15, -0.1) is 10.2 Å². The average molecular weight is 362 g/mol. The summed E-state index contributed by atoms with van der Waals surface area (Å²) < 4.78 is 7.47. The van der Waals surface area contributed by atoms with Crippen LogP contribution < -0.4 is 0 Å². The van der Waals surface area contributed by atoms with Gasteiger partial charge in [-0.05, 0) is 31.2 Å². The molecule has 128 valence electrons. The van der Waals surface area contributed by atoms with Crippen molar-refractivity contribution in [3.05, 3.63) is 65.6 Å². The van der Waals surface area contributed by atoms with Gasteiger partial charge in [0, 0.05) is 11.9 Å². The summed E-state index contributed by atoms with van der Waals surface area (Å²) in [5.74, 6) is 0.927. The fourth-order valence-electron chi connectivity index (χ4n) is 2.61. The first-order chi connectivity index (χ1) is 12.8. The fraction of sp³-hybridized carbons (Fsp3) is 0.111. The predicted molar refractivity (Wildman–Crippen MR) is 96.7 cm³/mol. The Hall–Kier alpha value is -3.31. The predicted octanol–water partition coefficient (Wildman–Crippen LogP) is 3.72. The quantitative estimate of drug-likeness (QED) is 0.544. The van der Waals surface area contributed by atoms with E-state index in [0.29, 0.717) is 28.1 Å². The Labute approximate surface area is 153 Å². The van der Waals surface area contributed by atoms with Crippen LogP contribution in [0.15, 0.2) is 58.3 Å². The lowest BCUT2D eigenvalue weighted by Crippen LogP contribution is -2.02. The molecule has 3 aromatic heterocycles. The maximum Gasteiger partial charge on any atom is 0.277 e. The molecule has 0 bridgehead atoms. The van der Waals surface area contributed by atoms with Crippen molar-refractivity contribution in [3.63, 3.8) is 0 Å². The molecule has 7 nitrogen and oxygen atoms in total. The number of aromatic nitrogens is 5. The minimum Gasteiger partial charge on any atom is -0.410 e. The first-order valence-corrected chi connectivity index (χ1v) is 8.89. The third-order valence-corrected chi connectivity index (χ3v) is 4.67. The number of rotatable bonds is 5. The second kappa shape index (κ2) is 6.90. The highest BCUT2D eigenvalue weighted by Gasteiger charge is 2.18. The van der Waals surface area contributed by atoms with Gasteiger partial charge in [0.15, 0.2) is 0 Å². The van der Waals surface area contributed by atoms with Gasteiger partial charge in [0.2, 0.25) is 0 Å². The van der Waals surface area contributed by atoms with E-state index in [9.17, 15) is 5.26 Å². The third kappa shape index (κ3) is 3.00. The van der Waals surface area contributed by atoms with Crippen LogP contribution in [-0.4, -0.2) is 25.0 Å². The molecule has 8 heteroatoms. The number of para-hydroxylation sites is 1. The molecule has 0 radical (unpaired) electrons. The number of thioether (sulfide) groups is 1. The molecule has 3 heterocycles. The topological polar surface area (TPSA) is 96.3 Å². The lowest BCUT2D eigenvalue weighted by molar-refractivity contribution is 0.464. The number of aromatic amines is 1. The Balaban J connectivity index is 1.61. The van der Waals surface area contributed by atoms with E-state index < -0.39 is 0 Å². The summed E-state index contributed by atoms with van der Waals surface area (Å²) in [5, 5.41) is 22.6. The van der Waals surface area contributed by atoms with Gasteiger partial charge in [-0.3, -0.25) is 0 Å². The first kappa shape index (κ1) is 16.2. The zero-order chi connectivity index (χ0) is 17.9. The summed E-state index contributed by atoms with van der Waals surface area (Å²) in [5.41, 5.74) is 3.76. The molecule has 4 aromatic rings. The molecule has 26 heavy (non-hydrogen) atoms. The highest BCUT2D eigenvalue weighted by molar-refractivity contribution is 7.98. The van der Waals surface area contributed by atoms with Crippen molar-refractivity contribution in [2.45, 2.75) is 17.9 Å². The molecular formula is C18H14N6OS. The second-order valence-electron chi connectivity index (χ2n) is 5.51. The van der Waals surface area contributed by atoms with Crippen molar-refractivity contribution < 1.29 is 4.42 Å². The van der Waals surface area contributed by atoms with E-state index in [2.05, 4.69) is 26.3 Å². The van der Waals surface area contributed by atoms with Crippen LogP contribution in [0.4, 0.5) is 0 Å². The smallest absolute Gasteiger partial charge is 0.277 e. The largest absolute Gasteiger partial charge is 0.410 e. The van der Waals surface area contributed by atoms with Crippen LogP contribution in [-0.2, 0) is 5.75 Å². The number of H-pyrrole nitrogens is 1. The molecule has 0 saturated heterocycles. The third-order valence-electron chi connectivity index (χ3n) is 3.84. The first-order valence-electron chi connectivity index (χ1n) is 7.90. The van der Waals surface area contributed by atoms with Crippen LogP contribution in [0.5, 0.6) is 0 Å². The fourth-order valence-corrected chi connectivity index (χ4v) is 3.37. The molecule has 1 N–H and O–H groups in total. The van der Waals surface area contributed by atoms with E-state index in [4.69, 9.17) is 4.42 Å². The maximum absolute atomic E-state index is 9.52. The Kier molecular flexibility index (Phi) is 4.29.